The highest BCUT2D eigenvalue weighted by Crippen LogP contribution is 2.21. The molecule has 0 bridgehead atoms. The molecule has 0 aromatic heterocycles. The van der Waals surface area contributed by atoms with Crippen LogP contribution in [-0.4, -0.2) is 37.0 Å². The molecule has 2 saturated heterocycles. The van der Waals surface area contributed by atoms with Gasteiger partial charge >= 0.3 is 0 Å². The van der Waals surface area contributed by atoms with Crippen molar-refractivity contribution in [3.05, 3.63) is 30.3 Å². The van der Waals surface area contributed by atoms with Crippen molar-refractivity contribution in [1.29, 1.82) is 0 Å². The summed E-state index contributed by atoms with van der Waals surface area (Å²) in [5.74, 6) is -0.0309. The number of nitrogens with one attached hydrogen (secondary N) is 2. The van der Waals surface area contributed by atoms with Crippen molar-refractivity contribution in [2.75, 3.05) is 18.0 Å². The van der Waals surface area contributed by atoms with Gasteiger partial charge in [0.25, 0.3) is 0 Å². The van der Waals surface area contributed by atoms with E-state index in [1.165, 1.54) is 0 Å². The zero-order valence-electron chi connectivity index (χ0n) is 12.5. The van der Waals surface area contributed by atoms with Crippen LogP contribution in [-0.2, 0) is 9.59 Å². The summed E-state index contributed by atoms with van der Waals surface area (Å²) >= 11 is 0. The highest BCUT2D eigenvalue weighted by atomic mass is 35.5. The molecular formula is C16H22ClN3O2. The maximum absolute atomic E-state index is 12.4. The predicted octanol–water partition coefficient (Wildman–Crippen LogP) is 1.47. The van der Waals surface area contributed by atoms with E-state index < -0.39 is 0 Å². The maximum Gasteiger partial charge on any atom is 0.249 e. The lowest BCUT2D eigenvalue weighted by Gasteiger charge is -2.17. The Morgan fingerprint density at radius 1 is 1.27 bits per heavy atom. The first-order valence-electron chi connectivity index (χ1n) is 7.63. The van der Waals surface area contributed by atoms with Gasteiger partial charge in [-0.1, -0.05) is 18.2 Å². The number of anilines is 1. The van der Waals surface area contributed by atoms with E-state index >= 15 is 0 Å². The molecule has 2 aliphatic rings. The van der Waals surface area contributed by atoms with E-state index in [1.807, 2.05) is 30.3 Å². The molecule has 0 radical (unpaired) electrons. The number of hydrogen-bond acceptors (Lipinski definition) is 3. The van der Waals surface area contributed by atoms with Crippen molar-refractivity contribution in [2.45, 2.75) is 37.8 Å². The Balaban J connectivity index is 0.00000176. The number of carbonyl (C=O) groups excluding carboxylic acids is 2. The molecule has 2 amide bonds. The average Bonchev–Trinajstić information content (AvgIpc) is 3.11. The van der Waals surface area contributed by atoms with E-state index in [1.54, 1.807) is 4.90 Å². The highest BCUT2D eigenvalue weighted by Gasteiger charge is 2.33. The fourth-order valence-corrected chi connectivity index (χ4v) is 3.09. The minimum Gasteiger partial charge on any atom is -0.344 e. The van der Waals surface area contributed by atoms with Gasteiger partial charge in [0.1, 0.15) is 6.04 Å². The Morgan fingerprint density at radius 3 is 2.73 bits per heavy atom. The van der Waals surface area contributed by atoms with Gasteiger partial charge in [0, 0.05) is 24.7 Å². The van der Waals surface area contributed by atoms with Crippen molar-refractivity contribution >= 4 is 29.9 Å². The second-order valence-electron chi connectivity index (χ2n) is 5.73. The maximum atomic E-state index is 12.4. The summed E-state index contributed by atoms with van der Waals surface area (Å²) in [4.78, 5) is 26.1. The minimum absolute atomic E-state index is 0. The summed E-state index contributed by atoms with van der Waals surface area (Å²) in [7, 11) is 0. The zero-order valence-corrected chi connectivity index (χ0v) is 13.3. The lowest BCUT2D eigenvalue weighted by atomic mass is 10.1. The van der Waals surface area contributed by atoms with Gasteiger partial charge < -0.3 is 15.5 Å². The Kier molecular flexibility index (Phi) is 5.80. The molecule has 120 valence electrons. The molecule has 0 aliphatic carbocycles. The SMILES string of the molecule is Cl.O=C(CC1CCCN1)NC1CCN(c2ccccc2)C1=O. The van der Waals surface area contributed by atoms with Crippen LogP contribution in [0.2, 0.25) is 0 Å². The zero-order chi connectivity index (χ0) is 14.7. The second kappa shape index (κ2) is 7.61. The number of nitrogens with zero attached hydrogens (tertiary/aromatic N) is 1. The van der Waals surface area contributed by atoms with Crippen molar-refractivity contribution in [3.63, 3.8) is 0 Å². The lowest BCUT2D eigenvalue weighted by molar-refractivity contribution is -0.126. The summed E-state index contributed by atoms with van der Waals surface area (Å²) in [6, 6.07) is 9.50. The molecule has 2 unspecified atom stereocenters. The number of benzene rings is 1. The van der Waals surface area contributed by atoms with E-state index in [4.69, 9.17) is 0 Å². The number of carbonyl (C=O) groups is 2. The summed E-state index contributed by atoms with van der Waals surface area (Å²) in [5.41, 5.74) is 0.900. The third-order valence-corrected chi connectivity index (χ3v) is 4.20. The Morgan fingerprint density at radius 2 is 2.05 bits per heavy atom. The van der Waals surface area contributed by atoms with Crippen LogP contribution in [0.4, 0.5) is 5.69 Å². The predicted molar refractivity (Wildman–Crippen MR) is 88.2 cm³/mol. The monoisotopic (exact) mass is 323 g/mol. The third-order valence-electron chi connectivity index (χ3n) is 4.20. The second-order valence-corrected chi connectivity index (χ2v) is 5.73. The summed E-state index contributed by atoms with van der Waals surface area (Å²) in [5, 5.41) is 6.19. The van der Waals surface area contributed by atoms with E-state index in [0.717, 1.165) is 25.1 Å². The molecule has 22 heavy (non-hydrogen) atoms. The first-order valence-corrected chi connectivity index (χ1v) is 7.63. The van der Waals surface area contributed by atoms with Crippen LogP contribution in [0, 0.1) is 0 Å². The van der Waals surface area contributed by atoms with E-state index in [9.17, 15) is 9.59 Å². The molecule has 1 aromatic carbocycles. The minimum atomic E-state index is -0.376. The van der Waals surface area contributed by atoms with Gasteiger partial charge in [0.05, 0.1) is 0 Å². The summed E-state index contributed by atoms with van der Waals surface area (Å²) < 4.78 is 0. The van der Waals surface area contributed by atoms with Gasteiger partial charge in [-0.25, -0.2) is 0 Å². The summed E-state index contributed by atoms with van der Waals surface area (Å²) in [6.07, 6.45) is 3.32. The molecule has 0 saturated carbocycles. The molecule has 2 aliphatic heterocycles. The number of hydrogen-bond donors (Lipinski definition) is 2. The molecule has 2 heterocycles. The summed E-state index contributed by atoms with van der Waals surface area (Å²) in [6.45, 7) is 1.65. The average molecular weight is 324 g/mol. The van der Waals surface area contributed by atoms with Gasteiger partial charge in [-0.2, -0.15) is 0 Å². The molecule has 5 nitrogen and oxygen atoms in total. The largest absolute Gasteiger partial charge is 0.344 e. The molecule has 3 rings (SSSR count). The molecule has 2 N–H and O–H groups in total. The number of halogens is 1. The molecule has 0 spiro atoms. The Bertz CT molecular complexity index is 517. The van der Waals surface area contributed by atoms with Gasteiger partial charge in [-0.05, 0) is 37.9 Å². The van der Waals surface area contributed by atoms with Crippen LogP contribution in [0.5, 0.6) is 0 Å². The van der Waals surface area contributed by atoms with Crippen LogP contribution in [0.1, 0.15) is 25.7 Å². The number of para-hydroxylation sites is 1. The first kappa shape index (κ1) is 16.8. The topological polar surface area (TPSA) is 61.4 Å². The quantitative estimate of drug-likeness (QED) is 0.882. The fourth-order valence-electron chi connectivity index (χ4n) is 3.09. The van der Waals surface area contributed by atoms with Gasteiger partial charge in [0.15, 0.2) is 0 Å². The van der Waals surface area contributed by atoms with Crippen LogP contribution in [0.15, 0.2) is 30.3 Å². The first-order chi connectivity index (χ1) is 10.2. The van der Waals surface area contributed by atoms with Crippen molar-refractivity contribution in [1.82, 2.24) is 10.6 Å². The molecule has 2 fully saturated rings. The smallest absolute Gasteiger partial charge is 0.249 e. The normalized spacial score (nSPS) is 24.2. The van der Waals surface area contributed by atoms with Gasteiger partial charge in [-0.15, -0.1) is 12.4 Å². The highest BCUT2D eigenvalue weighted by molar-refractivity contribution is 6.01. The van der Waals surface area contributed by atoms with Crippen LogP contribution in [0.3, 0.4) is 0 Å². The molecule has 1 aromatic rings. The number of rotatable bonds is 4. The van der Waals surface area contributed by atoms with Crippen LogP contribution >= 0.6 is 12.4 Å². The van der Waals surface area contributed by atoms with E-state index in [0.29, 0.717) is 19.4 Å². The fraction of sp³-hybridized carbons (Fsp3) is 0.500. The van der Waals surface area contributed by atoms with Crippen LogP contribution < -0.4 is 15.5 Å². The van der Waals surface area contributed by atoms with E-state index in [2.05, 4.69) is 10.6 Å². The Hall–Kier alpha value is -1.59. The van der Waals surface area contributed by atoms with Gasteiger partial charge in [-0.3, -0.25) is 9.59 Å². The van der Waals surface area contributed by atoms with E-state index in [-0.39, 0.29) is 36.3 Å². The van der Waals surface area contributed by atoms with Crippen molar-refractivity contribution in [2.24, 2.45) is 0 Å². The number of amides is 2. The molecule has 6 heteroatoms. The van der Waals surface area contributed by atoms with Crippen LogP contribution in [0.25, 0.3) is 0 Å². The lowest BCUT2D eigenvalue weighted by Crippen LogP contribution is -2.43. The molecule has 2 atom stereocenters. The third kappa shape index (κ3) is 3.78. The standard InChI is InChI=1S/C16H21N3O2.ClH/c20-15(11-12-5-4-9-17-12)18-14-8-10-19(16(14)21)13-6-2-1-3-7-13;/h1-3,6-7,12,14,17H,4-5,8-11H2,(H,18,20);1H. The van der Waals surface area contributed by atoms with Gasteiger partial charge in [0.2, 0.25) is 11.8 Å². The van der Waals surface area contributed by atoms with Crippen molar-refractivity contribution < 1.29 is 9.59 Å². The molecular weight excluding hydrogens is 302 g/mol. The van der Waals surface area contributed by atoms with Crippen molar-refractivity contribution in [3.8, 4) is 0 Å². The Labute approximate surface area is 136 Å².